The van der Waals surface area contributed by atoms with Gasteiger partial charge in [-0.3, -0.25) is 4.79 Å². The lowest BCUT2D eigenvalue weighted by Gasteiger charge is -2.14. The van der Waals surface area contributed by atoms with Crippen LogP contribution >= 0.6 is 31.9 Å². The highest BCUT2D eigenvalue weighted by Crippen LogP contribution is 2.36. The van der Waals surface area contributed by atoms with Crippen molar-refractivity contribution in [2.75, 3.05) is 5.32 Å². The van der Waals surface area contributed by atoms with E-state index in [9.17, 15) is 9.59 Å². The van der Waals surface area contributed by atoms with Gasteiger partial charge in [0.1, 0.15) is 14.7 Å². The number of carboxylic acid groups (broad SMARTS) is 1. The minimum atomic E-state index is -1.22. The molecule has 3 N–H and O–H groups in total. The molecule has 18 heavy (non-hydrogen) atoms. The van der Waals surface area contributed by atoms with Crippen molar-refractivity contribution in [3.63, 3.8) is 0 Å². The second-order valence-electron chi connectivity index (χ2n) is 3.80. The second kappa shape index (κ2) is 4.81. The Labute approximate surface area is 119 Å². The van der Waals surface area contributed by atoms with Crippen LogP contribution in [0.3, 0.4) is 0 Å². The van der Waals surface area contributed by atoms with Crippen molar-refractivity contribution in [2.45, 2.75) is 18.4 Å². The molecule has 2 amide bonds. The minimum Gasteiger partial charge on any atom is -0.465 e. The molecule has 0 unspecified atom stereocenters. The van der Waals surface area contributed by atoms with E-state index in [1.54, 1.807) is 0 Å². The maximum absolute atomic E-state index is 11.9. The molecule has 1 fully saturated rings. The van der Waals surface area contributed by atoms with Crippen LogP contribution < -0.4 is 10.6 Å². The predicted octanol–water partition coefficient (Wildman–Crippen LogP) is 1.74. The molecular formula is C9H8Br2N4O3. The quantitative estimate of drug-likeness (QED) is 0.741. The molecule has 0 aromatic carbocycles. The maximum Gasteiger partial charge on any atom is 0.405 e. The SMILES string of the molecule is O=C(O)NC1(C(=O)Nc2ncc(Br)nc2Br)CC1. The summed E-state index contributed by atoms with van der Waals surface area (Å²) in [6.07, 6.45) is 1.17. The Morgan fingerprint density at radius 3 is 2.56 bits per heavy atom. The van der Waals surface area contributed by atoms with Gasteiger partial charge in [-0.05, 0) is 44.7 Å². The van der Waals surface area contributed by atoms with E-state index in [-0.39, 0.29) is 5.82 Å². The minimum absolute atomic E-state index is 0.252. The Morgan fingerprint density at radius 2 is 2.06 bits per heavy atom. The first kappa shape index (κ1) is 13.2. The van der Waals surface area contributed by atoms with E-state index < -0.39 is 17.5 Å². The van der Waals surface area contributed by atoms with Crippen molar-refractivity contribution < 1.29 is 14.7 Å². The first-order valence-electron chi connectivity index (χ1n) is 4.93. The van der Waals surface area contributed by atoms with E-state index in [0.717, 1.165) is 0 Å². The third kappa shape index (κ3) is 2.78. The van der Waals surface area contributed by atoms with Crippen LogP contribution in [0.15, 0.2) is 15.4 Å². The highest BCUT2D eigenvalue weighted by atomic mass is 79.9. The average molecular weight is 380 g/mol. The fourth-order valence-electron chi connectivity index (χ4n) is 1.40. The summed E-state index contributed by atoms with van der Waals surface area (Å²) >= 11 is 6.30. The molecule has 7 nitrogen and oxygen atoms in total. The number of nitrogens with zero attached hydrogens (tertiary/aromatic N) is 2. The monoisotopic (exact) mass is 378 g/mol. The summed E-state index contributed by atoms with van der Waals surface area (Å²) in [5, 5.41) is 13.4. The zero-order valence-electron chi connectivity index (χ0n) is 8.91. The van der Waals surface area contributed by atoms with Crippen LogP contribution in [0.5, 0.6) is 0 Å². The molecule has 1 heterocycles. The fourth-order valence-corrected chi connectivity index (χ4v) is 2.31. The summed E-state index contributed by atoms with van der Waals surface area (Å²) in [6.45, 7) is 0. The van der Waals surface area contributed by atoms with Gasteiger partial charge in [0.15, 0.2) is 5.82 Å². The Bertz CT molecular complexity index is 519. The van der Waals surface area contributed by atoms with Crippen molar-refractivity contribution in [1.29, 1.82) is 0 Å². The smallest absolute Gasteiger partial charge is 0.405 e. The van der Waals surface area contributed by atoms with Gasteiger partial charge < -0.3 is 15.7 Å². The van der Waals surface area contributed by atoms with Crippen LogP contribution in [0, 0.1) is 0 Å². The molecule has 0 bridgehead atoms. The Hall–Kier alpha value is -1.22. The van der Waals surface area contributed by atoms with Gasteiger partial charge in [-0.2, -0.15) is 0 Å². The van der Waals surface area contributed by atoms with Crippen LogP contribution in [0.4, 0.5) is 10.6 Å². The summed E-state index contributed by atoms with van der Waals surface area (Å²) in [7, 11) is 0. The Balaban J connectivity index is 2.10. The molecular weight excluding hydrogens is 372 g/mol. The number of halogens is 2. The Morgan fingerprint density at radius 1 is 1.39 bits per heavy atom. The third-order valence-corrected chi connectivity index (χ3v) is 3.40. The largest absolute Gasteiger partial charge is 0.465 e. The van der Waals surface area contributed by atoms with Crippen LogP contribution in [0.2, 0.25) is 0 Å². The third-order valence-electron chi connectivity index (χ3n) is 2.46. The molecule has 1 aromatic rings. The van der Waals surface area contributed by atoms with E-state index >= 15 is 0 Å². The lowest BCUT2D eigenvalue weighted by molar-refractivity contribution is -0.119. The molecule has 0 atom stereocenters. The van der Waals surface area contributed by atoms with Gasteiger partial charge in [-0.15, -0.1) is 0 Å². The van der Waals surface area contributed by atoms with Gasteiger partial charge in [-0.25, -0.2) is 14.8 Å². The molecule has 0 aliphatic heterocycles. The number of hydrogen-bond donors (Lipinski definition) is 3. The highest BCUT2D eigenvalue weighted by Gasteiger charge is 2.51. The number of anilines is 1. The maximum atomic E-state index is 11.9. The van der Waals surface area contributed by atoms with E-state index in [1.807, 2.05) is 0 Å². The van der Waals surface area contributed by atoms with Crippen molar-refractivity contribution >= 4 is 49.7 Å². The molecule has 0 saturated heterocycles. The number of hydrogen-bond acceptors (Lipinski definition) is 4. The molecule has 0 spiro atoms. The zero-order valence-corrected chi connectivity index (χ0v) is 12.1. The fraction of sp³-hybridized carbons (Fsp3) is 0.333. The molecule has 2 rings (SSSR count). The van der Waals surface area contributed by atoms with Crippen LogP contribution in [-0.2, 0) is 4.79 Å². The number of amides is 2. The molecule has 1 aliphatic carbocycles. The van der Waals surface area contributed by atoms with Crippen LogP contribution in [0.25, 0.3) is 0 Å². The predicted molar refractivity (Wildman–Crippen MR) is 69.2 cm³/mol. The topological polar surface area (TPSA) is 104 Å². The molecule has 0 radical (unpaired) electrons. The van der Waals surface area contributed by atoms with Gasteiger partial charge in [0, 0.05) is 0 Å². The lowest BCUT2D eigenvalue weighted by atomic mass is 10.2. The number of rotatable bonds is 3. The first-order valence-corrected chi connectivity index (χ1v) is 6.52. The highest BCUT2D eigenvalue weighted by molar-refractivity contribution is 9.11. The van der Waals surface area contributed by atoms with Crippen molar-refractivity contribution in [1.82, 2.24) is 15.3 Å². The van der Waals surface area contributed by atoms with Gasteiger partial charge in [-0.1, -0.05) is 0 Å². The summed E-state index contributed by atoms with van der Waals surface area (Å²) in [5.41, 5.74) is -1.03. The molecule has 96 valence electrons. The molecule has 1 aromatic heterocycles. The van der Waals surface area contributed by atoms with Crippen LogP contribution in [0.1, 0.15) is 12.8 Å². The number of nitrogens with one attached hydrogen (secondary N) is 2. The number of carbonyl (C=O) groups excluding carboxylic acids is 1. The van der Waals surface area contributed by atoms with Gasteiger partial charge in [0.2, 0.25) is 0 Å². The zero-order chi connectivity index (χ0) is 13.3. The molecule has 1 aliphatic rings. The standard InChI is InChI=1S/C9H8Br2N4O3/c10-4-3-12-6(5(11)13-4)14-7(16)9(1-2-9)15-8(17)18/h3,15H,1-2H2,(H,17,18)(H,12,14,16). The van der Waals surface area contributed by atoms with Crippen molar-refractivity contribution in [3.05, 3.63) is 15.4 Å². The van der Waals surface area contributed by atoms with Gasteiger partial charge in [0.25, 0.3) is 5.91 Å². The molecule has 1 saturated carbocycles. The van der Waals surface area contributed by atoms with E-state index in [2.05, 4.69) is 52.5 Å². The Kier molecular flexibility index (Phi) is 3.53. The number of aromatic nitrogens is 2. The summed E-state index contributed by atoms with van der Waals surface area (Å²) in [5.74, 6) is -0.177. The summed E-state index contributed by atoms with van der Waals surface area (Å²) in [6, 6.07) is 0. The van der Waals surface area contributed by atoms with E-state index in [1.165, 1.54) is 6.20 Å². The van der Waals surface area contributed by atoms with Crippen molar-refractivity contribution in [2.24, 2.45) is 0 Å². The van der Waals surface area contributed by atoms with Gasteiger partial charge >= 0.3 is 6.09 Å². The van der Waals surface area contributed by atoms with E-state index in [4.69, 9.17) is 5.11 Å². The molecule has 9 heteroatoms. The first-order chi connectivity index (χ1) is 8.43. The normalized spacial score (nSPS) is 15.9. The lowest BCUT2D eigenvalue weighted by Crippen LogP contribution is -2.45. The number of carbonyl (C=O) groups is 2. The van der Waals surface area contributed by atoms with Gasteiger partial charge in [0.05, 0.1) is 6.20 Å². The summed E-state index contributed by atoms with van der Waals surface area (Å²) < 4.78 is 0.897. The van der Waals surface area contributed by atoms with E-state index in [0.29, 0.717) is 22.0 Å². The van der Waals surface area contributed by atoms with Crippen LogP contribution in [-0.4, -0.2) is 32.6 Å². The summed E-state index contributed by atoms with van der Waals surface area (Å²) in [4.78, 5) is 30.5. The van der Waals surface area contributed by atoms with Crippen molar-refractivity contribution in [3.8, 4) is 0 Å². The second-order valence-corrected chi connectivity index (χ2v) is 5.36. The average Bonchev–Trinajstić information content (AvgIpc) is 3.02.